The maximum absolute atomic E-state index is 11.6. The van der Waals surface area contributed by atoms with E-state index in [1.54, 1.807) is 17.8 Å². The topological polar surface area (TPSA) is 36.9 Å². The van der Waals surface area contributed by atoms with E-state index in [9.17, 15) is 4.79 Å². The molecule has 1 atom stereocenters. The van der Waals surface area contributed by atoms with Crippen LogP contribution in [0.5, 0.6) is 0 Å². The Labute approximate surface area is 83.6 Å². The average Bonchev–Trinajstić information content (AvgIpc) is 2.46. The molecule has 1 rings (SSSR count). The Bertz CT molecular complexity index is 196. The second-order valence-electron chi connectivity index (χ2n) is 3.16. The fraction of sp³-hybridized carbons (Fsp3) is 0.667. The normalized spacial score (nSPS) is 22.4. The lowest BCUT2D eigenvalue weighted by molar-refractivity contribution is -0.671. The maximum Gasteiger partial charge on any atom is 0.285 e. The van der Waals surface area contributed by atoms with Crippen LogP contribution in [0.3, 0.4) is 0 Å². The SMILES string of the molecule is C=CCN1C[NH2+][C@@H](CCSC)C1=O. The van der Waals surface area contributed by atoms with E-state index in [4.69, 9.17) is 0 Å². The summed E-state index contributed by atoms with van der Waals surface area (Å²) in [7, 11) is 0. The zero-order chi connectivity index (χ0) is 9.68. The van der Waals surface area contributed by atoms with Gasteiger partial charge in [0.2, 0.25) is 0 Å². The summed E-state index contributed by atoms with van der Waals surface area (Å²) in [5.41, 5.74) is 0. The molecule has 1 fully saturated rings. The molecule has 0 aromatic heterocycles. The van der Waals surface area contributed by atoms with Crippen LogP contribution in [-0.2, 0) is 4.79 Å². The lowest BCUT2D eigenvalue weighted by Gasteiger charge is -2.08. The van der Waals surface area contributed by atoms with E-state index >= 15 is 0 Å². The van der Waals surface area contributed by atoms with Gasteiger partial charge in [0.1, 0.15) is 0 Å². The minimum absolute atomic E-state index is 0.160. The van der Waals surface area contributed by atoms with Crippen LogP contribution in [0.1, 0.15) is 6.42 Å². The number of nitrogens with zero attached hydrogens (tertiary/aromatic N) is 1. The van der Waals surface area contributed by atoms with Crippen LogP contribution in [-0.4, -0.2) is 42.1 Å². The summed E-state index contributed by atoms with van der Waals surface area (Å²) in [5.74, 6) is 1.34. The summed E-state index contributed by atoms with van der Waals surface area (Å²) in [6.45, 7) is 5.12. The van der Waals surface area contributed by atoms with Crippen molar-refractivity contribution in [2.75, 3.05) is 25.2 Å². The number of quaternary nitrogens is 1. The van der Waals surface area contributed by atoms with Crippen LogP contribution < -0.4 is 5.32 Å². The number of rotatable bonds is 5. The van der Waals surface area contributed by atoms with Gasteiger partial charge in [-0.15, -0.1) is 6.58 Å². The molecule has 1 heterocycles. The molecule has 0 aromatic carbocycles. The van der Waals surface area contributed by atoms with E-state index in [1.165, 1.54) is 0 Å². The highest BCUT2D eigenvalue weighted by Crippen LogP contribution is 2.04. The van der Waals surface area contributed by atoms with Crippen molar-refractivity contribution in [2.24, 2.45) is 0 Å². The third-order valence-electron chi connectivity index (χ3n) is 2.22. The molecule has 1 aliphatic heterocycles. The molecule has 13 heavy (non-hydrogen) atoms. The molecule has 2 N–H and O–H groups in total. The predicted molar refractivity (Wildman–Crippen MR) is 55.5 cm³/mol. The predicted octanol–water partition coefficient (Wildman–Crippen LogP) is -0.343. The second kappa shape index (κ2) is 5.29. The van der Waals surface area contributed by atoms with E-state index in [0.29, 0.717) is 6.54 Å². The summed E-state index contributed by atoms with van der Waals surface area (Å²) in [4.78, 5) is 13.5. The van der Waals surface area contributed by atoms with Crippen molar-refractivity contribution < 1.29 is 10.1 Å². The van der Waals surface area contributed by atoms with Crippen molar-refractivity contribution in [3.63, 3.8) is 0 Å². The Kier molecular flexibility index (Phi) is 4.32. The highest BCUT2D eigenvalue weighted by atomic mass is 32.2. The van der Waals surface area contributed by atoms with Crippen LogP contribution in [0.2, 0.25) is 0 Å². The summed E-state index contributed by atoms with van der Waals surface area (Å²) in [6.07, 6.45) is 4.83. The van der Waals surface area contributed by atoms with Crippen LogP contribution in [0.15, 0.2) is 12.7 Å². The van der Waals surface area contributed by atoms with Crippen molar-refractivity contribution in [3.8, 4) is 0 Å². The molecule has 1 amide bonds. The maximum atomic E-state index is 11.6. The van der Waals surface area contributed by atoms with Crippen LogP contribution >= 0.6 is 11.8 Å². The zero-order valence-electron chi connectivity index (χ0n) is 8.03. The lowest BCUT2D eigenvalue weighted by atomic mass is 10.2. The van der Waals surface area contributed by atoms with Crippen molar-refractivity contribution in [1.29, 1.82) is 0 Å². The third kappa shape index (κ3) is 2.74. The Morgan fingerprint density at radius 2 is 2.62 bits per heavy atom. The Morgan fingerprint density at radius 1 is 1.85 bits per heavy atom. The summed E-state index contributed by atoms with van der Waals surface area (Å²) >= 11 is 1.79. The highest BCUT2D eigenvalue weighted by molar-refractivity contribution is 7.98. The van der Waals surface area contributed by atoms with Crippen molar-refractivity contribution >= 4 is 17.7 Å². The fourth-order valence-electron chi connectivity index (χ4n) is 1.49. The molecule has 74 valence electrons. The number of nitrogens with two attached hydrogens (primary N) is 1. The van der Waals surface area contributed by atoms with Gasteiger partial charge >= 0.3 is 0 Å². The van der Waals surface area contributed by atoms with Gasteiger partial charge in [0.25, 0.3) is 5.91 Å². The molecule has 0 spiro atoms. The average molecular weight is 201 g/mol. The Morgan fingerprint density at radius 3 is 3.23 bits per heavy atom. The molecule has 0 unspecified atom stereocenters. The smallest absolute Gasteiger partial charge is 0.285 e. The van der Waals surface area contributed by atoms with Crippen LogP contribution in [0, 0.1) is 0 Å². The molecule has 3 nitrogen and oxygen atoms in total. The van der Waals surface area contributed by atoms with Crippen LogP contribution in [0.4, 0.5) is 0 Å². The first-order valence-electron chi connectivity index (χ1n) is 4.51. The van der Waals surface area contributed by atoms with Crippen LogP contribution in [0.25, 0.3) is 0 Å². The number of thioether (sulfide) groups is 1. The van der Waals surface area contributed by atoms with Gasteiger partial charge in [0.05, 0.1) is 0 Å². The molecule has 1 saturated heterocycles. The molecule has 1 aliphatic rings. The molecular formula is C9H17N2OS+. The van der Waals surface area contributed by atoms with Gasteiger partial charge in [0, 0.05) is 13.0 Å². The van der Waals surface area contributed by atoms with Gasteiger partial charge in [-0.25, -0.2) is 0 Å². The van der Waals surface area contributed by atoms with E-state index < -0.39 is 0 Å². The Hall–Kier alpha value is -0.480. The van der Waals surface area contributed by atoms with Gasteiger partial charge < -0.3 is 5.32 Å². The molecular weight excluding hydrogens is 184 g/mol. The first-order valence-corrected chi connectivity index (χ1v) is 5.91. The lowest BCUT2D eigenvalue weighted by Crippen LogP contribution is -2.88. The molecule has 0 bridgehead atoms. The van der Waals surface area contributed by atoms with Crippen molar-refractivity contribution in [1.82, 2.24) is 4.90 Å². The van der Waals surface area contributed by atoms with Crippen molar-refractivity contribution in [2.45, 2.75) is 12.5 Å². The number of amides is 1. The highest BCUT2D eigenvalue weighted by Gasteiger charge is 2.33. The zero-order valence-corrected chi connectivity index (χ0v) is 8.85. The molecule has 0 radical (unpaired) electrons. The van der Waals surface area contributed by atoms with Crippen molar-refractivity contribution in [3.05, 3.63) is 12.7 Å². The minimum atomic E-state index is 0.160. The molecule has 0 aromatic rings. The summed E-state index contributed by atoms with van der Waals surface area (Å²) in [5, 5.41) is 2.11. The van der Waals surface area contributed by atoms with E-state index in [0.717, 1.165) is 18.8 Å². The van der Waals surface area contributed by atoms with E-state index in [1.807, 2.05) is 4.90 Å². The second-order valence-corrected chi connectivity index (χ2v) is 4.14. The largest absolute Gasteiger partial charge is 0.319 e. The standard InChI is InChI=1S/C9H16N2OS/c1-3-5-11-7-10-8(9(11)12)4-6-13-2/h3,8,10H,1,4-7H2,2H3/p+1/t8-/m0/s1. The molecule has 4 heteroatoms. The summed E-state index contributed by atoms with van der Waals surface area (Å²) < 4.78 is 0. The van der Waals surface area contributed by atoms with Gasteiger partial charge in [-0.05, 0) is 12.0 Å². The summed E-state index contributed by atoms with van der Waals surface area (Å²) in [6, 6.07) is 0.160. The number of hydrogen-bond acceptors (Lipinski definition) is 2. The third-order valence-corrected chi connectivity index (χ3v) is 2.87. The van der Waals surface area contributed by atoms with Gasteiger partial charge in [-0.2, -0.15) is 11.8 Å². The first-order chi connectivity index (χ1) is 6.29. The number of carbonyl (C=O) groups is 1. The monoisotopic (exact) mass is 201 g/mol. The van der Waals surface area contributed by atoms with E-state index in [-0.39, 0.29) is 11.9 Å². The number of hydrogen-bond donors (Lipinski definition) is 1. The van der Waals surface area contributed by atoms with E-state index in [2.05, 4.69) is 18.2 Å². The molecule has 0 saturated carbocycles. The van der Waals surface area contributed by atoms with Gasteiger partial charge in [-0.3, -0.25) is 9.69 Å². The van der Waals surface area contributed by atoms with Gasteiger partial charge in [-0.1, -0.05) is 6.08 Å². The minimum Gasteiger partial charge on any atom is -0.319 e. The quantitative estimate of drug-likeness (QED) is 0.618. The Balaban J connectivity index is 2.36. The first kappa shape index (κ1) is 10.6. The van der Waals surface area contributed by atoms with Gasteiger partial charge in [0.15, 0.2) is 12.7 Å². The number of carbonyl (C=O) groups excluding carboxylic acids is 1. The molecule has 0 aliphatic carbocycles. The fourth-order valence-corrected chi connectivity index (χ4v) is 1.98.